The monoisotopic (exact) mass is 375 g/mol. The molecule has 0 saturated heterocycles. The molecule has 2 amide bonds. The van der Waals surface area contributed by atoms with Crippen LogP contribution in [-0.2, 0) is 11.2 Å². The average Bonchev–Trinajstić information content (AvgIpc) is 3.15. The quantitative estimate of drug-likeness (QED) is 0.797. The second kappa shape index (κ2) is 7.61. The van der Waals surface area contributed by atoms with Crippen LogP contribution in [0.1, 0.15) is 55.4 Å². The molecule has 0 radical (unpaired) electrons. The first-order valence-electron chi connectivity index (χ1n) is 8.97. The van der Waals surface area contributed by atoms with Gasteiger partial charge in [-0.3, -0.25) is 14.9 Å². The van der Waals surface area contributed by atoms with Crippen LogP contribution in [0.5, 0.6) is 0 Å². The van der Waals surface area contributed by atoms with Gasteiger partial charge in [0.1, 0.15) is 5.76 Å². The molecule has 0 bridgehead atoms. The molecule has 0 spiro atoms. The molecule has 1 fully saturated rings. The van der Waals surface area contributed by atoms with E-state index in [-0.39, 0.29) is 24.3 Å². The predicted octanol–water partition coefficient (Wildman–Crippen LogP) is 3.87. The van der Waals surface area contributed by atoms with Gasteiger partial charge in [0, 0.05) is 17.5 Å². The Morgan fingerprint density at radius 2 is 2.12 bits per heavy atom. The lowest BCUT2D eigenvalue weighted by atomic mass is 10.0. The number of amides is 2. The zero-order valence-electron chi connectivity index (χ0n) is 15.6. The average molecular weight is 375 g/mol. The van der Waals surface area contributed by atoms with Crippen molar-refractivity contribution in [1.82, 2.24) is 9.88 Å². The molecule has 1 atom stereocenters. The number of furan rings is 1. The van der Waals surface area contributed by atoms with Gasteiger partial charge in [0.15, 0.2) is 5.13 Å². The number of hydrogen-bond donors (Lipinski definition) is 1. The minimum Gasteiger partial charge on any atom is -0.469 e. The third-order valence-electron chi connectivity index (χ3n) is 4.84. The van der Waals surface area contributed by atoms with Crippen molar-refractivity contribution < 1.29 is 14.0 Å². The number of carbonyl (C=O) groups excluding carboxylic acids is 2. The van der Waals surface area contributed by atoms with Crippen molar-refractivity contribution in [3.05, 3.63) is 34.7 Å². The van der Waals surface area contributed by atoms with Crippen molar-refractivity contribution in [3.63, 3.8) is 0 Å². The van der Waals surface area contributed by atoms with Gasteiger partial charge in [-0.1, -0.05) is 13.8 Å². The van der Waals surface area contributed by atoms with E-state index in [0.29, 0.717) is 34.1 Å². The van der Waals surface area contributed by atoms with E-state index >= 15 is 0 Å². The summed E-state index contributed by atoms with van der Waals surface area (Å²) < 4.78 is 5.15. The number of nitrogens with one attached hydrogen (secondary N) is 1. The van der Waals surface area contributed by atoms with Gasteiger partial charge >= 0.3 is 0 Å². The molecule has 6 nitrogen and oxygen atoms in total. The van der Waals surface area contributed by atoms with Crippen molar-refractivity contribution in [2.24, 2.45) is 5.92 Å². The lowest BCUT2D eigenvalue weighted by Crippen LogP contribution is -2.43. The van der Waals surface area contributed by atoms with E-state index < -0.39 is 0 Å². The number of aryl methyl sites for hydroxylation is 1. The summed E-state index contributed by atoms with van der Waals surface area (Å²) in [4.78, 5) is 31.4. The number of carbonyl (C=O) groups is 2. The summed E-state index contributed by atoms with van der Waals surface area (Å²) in [6.45, 7) is 8.13. The smallest absolute Gasteiger partial charge is 0.260 e. The van der Waals surface area contributed by atoms with E-state index in [1.54, 1.807) is 13.0 Å². The maximum atomic E-state index is 12.8. The molecule has 26 heavy (non-hydrogen) atoms. The first-order chi connectivity index (χ1) is 12.4. The standard InChI is InChI=1S/C19H25N3O3S/c1-11(2)12(3)22(15-5-6-15)17(23)9-14-10-26-19(20-14)21-18(24)16-7-8-25-13(16)4/h7-8,10-12,15H,5-6,9H2,1-4H3,(H,20,21,24)/t12-/m1/s1. The second-order valence-electron chi connectivity index (χ2n) is 7.18. The molecular formula is C19H25N3O3S. The molecule has 0 aliphatic heterocycles. The Balaban J connectivity index is 1.63. The van der Waals surface area contributed by atoms with Crippen LogP contribution in [0.2, 0.25) is 0 Å². The summed E-state index contributed by atoms with van der Waals surface area (Å²) in [7, 11) is 0. The maximum Gasteiger partial charge on any atom is 0.260 e. The minimum absolute atomic E-state index is 0.113. The highest BCUT2D eigenvalue weighted by atomic mass is 32.1. The van der Waals surface area contributed by atoms with Crippen LogP contribution >= 0.6 is 11.3 Å². The van der Waals surface area contributed by atoms with Crippen molar-refractivity contribution in [3.8, 4) is 0 Å². The normalized spacial score (nSPS) is 15.1. The van der Waals surface area contributed by atoms with E-state index in [0.717, 1.165) is 12.8 Å². The molecule has 7 heteroatoms. The second-order valence-corrected chi connectivity index (χ2v) is 8.04. The molecule has 1 aliphatic rings. The van der Waals surface area contributed by atoms with Crippen molar-refractivity contribution in [1.29, 1.82) is 0 Å². The third-order valence-corrected chi connectivity index (χ3v) is 5.65. The molecule has 2 aromatic rings. The van der Waals surface area contributed by atoms with E-state index in [2.05, 4.69) is 31.1 Å². The van der Waals surface area contributed by atoms with Crippen molar-refractivity contribution in [2.75, 3.05) is 5.32 Å². The topological polar surface area (TPSA) is 75.4 Å². The van der Waals surface area contributed by atoms with E-state index in [1.807, 2.05) is 10.3 Å². The lowest BCUT2D eigenvalue weighted by Gasteiger charge is -2.32. The molecule has 140 valence electrons. The first kappa shape index (κ1) is 18.6. The summed E-state index contributed by atoms with van der Waals surface area (Å²) in [5, 5.41) is 5.10. The Morgan fingerprint density at radius 1 is 1.38 bits per heavy atom. The van der Waals surface area contributed by atoms with Crippen molar-refractivity contribution in [2.45, 2.75) is 59.0 Å². The summed E-state index contributed by atoms with van der Waals surface area (Å²) in [6, 6.07) is 2.22. The molecule has 3 rings (SSSR count). The molecule has 1 saturated carbocycles. The first-order valence-corrected chi connectivity index (χ1v) is 9.85. The predicted molar refractivity (Wildman–Crippen MR) is 101 cm³/mol. The largest absolute Gasteiger partial charge is 0.469 e. The molecule has 0 unspecified atom stereocenters. The van der Waals surface area contributed by atoms with Gasteiger partial charge in [-0.15, -0.1) is 11.3 Å². The Hall–Kier alpha value is -2.15. The Labute approximate surface area is 157 Å². The number of nitrogens with zero attached hydrogens (tertiary/aromatic N) is 2. The fourth-order valence-electron chi connectivity index (χ4n) is 2.91. The summed E-state index contributed by atoms with van der Waals surface area (Å²) >= 11 is 1.33. The van der Waals surface area contributed by atoms with Crippen molar-refractivity contribution >= 4 is 28.3 Å². The van der Waals surface area contributed by atoms with Gasteiger partial charge in [0.2, 0.25) is 5.91 Å². The Bertz CT molecular complexity index is 792. The van der Waals surface area contributed by atoms with Crippen LogP contribution < -0.4 is 5.32 Å². The van der Waals surface area contributed by atoms with E-state index in [9.17, 15) is 9.59 Å². The fraction of sp³-hybridized carbons (Fsp3) is 0.526. The van der Waals surface area contributed by atoms with Crippen LogP contribution in [0.15, 0.2) is 22.1 Å². The molecule has 1 aliphatic carbocycles. The van der Waals surface area contributed by atoms with E-state index in [1.165, 1.54) is 17.6 Å². The highest BCUT2D eigenvalue weighted by Crippen LogP contribution is 2.31. The van der Waals surface area contributed by atoms with Crippen LogP contribution in [0, 0.1) is 12.8 Å². The third kappa shape index (κ3) is 4.15. The maximum absolute atomic E-state index is 12.8. The number of hydrogen-bond acceptors (Lipinski definition) is 5. The summed E-state index contributed by atoms with van der Waals surface area (Å²) in [6.07, 6.45) is 3.93. The lowest BCUT2D eigenvalue weighted by molar-refractivity contribution is -0.134. The molecule has 0 aromatic carbocycles. The molecule has 2 aromatic heterocycles. The Kier molecular flexibility index (Phi) is 5.46. The highest BCUT2D eigenvalue weighted by Gasteiger charge is 2.36. The van der Waals surface area contributed by atoms with E-state index in [4.69, 9.17) is 4.42 Å². The zero-order valence-corrected chi connectivity index (χ0v) is 16.4. The molecular weight excluding hydrogens is 350 g/mol. The number of thiazole rings is 1. The molecule has 1 N–H and O–H groups in total. The van der Waals surface area contributed by atoms with Gasteiger partial charge in [-0.25, -0.2) is 4.98 Å². The number of rotatable bonds is 7. The molecule has 2 heterocycles. The minimum atomic E-state index is -0.253. The summed E-state index contributed by atoms with van der Waals surface area (Å²) in [5.74, 6) is 0.847. The zero-order chi connectivity index (χ0) is 18.8. The van der Waals surface area contributed by atoms with Crippen LogP contribution in [0.4, 0.5) is 5.13 Å². The van der Waals surface area contributed by atoms with Crippen LogP contribution in [0.25, 0.3) is 0 Å². The van der Waals surface area contributed by atoms with Gasteiger partial charge in [-0.2, -0.15) is 0 Å². The Morgan fingerprint density at radius 3 is 2.69 bits per heavy atom. The number of anilines is 1. The van der Waals surface area contributed by atoms with Gasteiger partial charge < -0.3 is 9.32 Å². The van der Waals surface area contributed by atoms with Crippen LogP contribution in [0.3, 0.4) is 0 Å². The highest BCUT2D eigenvalue weighted by molar-refractivity contribution is 7.14. The number of aromatic nitrogens is 1. The van der Waals surface area contributed by atoms with Gasteiger partial charge in [0.25, 0.3) is 5.91 Å². The summed E-state index contributed by atoms with van der Waals surface area (Å²) in [5.41, 5.74) is 1.18. The SMILES string of the molecule is Cc1occc1C(=O)Nc1nc(CC(=O)N(C2CC2)[C@H](C)C(C)C)cs1. The van der Waals surface area contributed by atoms with Crippen LogP contribution in [-0.4, -0.2) is 33.8 Å². The van der Waals surface area contributed by atoms with Gasteiger partial charge in [-0.05, 0) is 38.7 Å². The fourth-order valence-corrected chi connectivity index (χ4v) is 3.62. The van der Waals surface area contributed by atoms with Gasteiger partial charge in [0.05, 0.1) is 23.9 Å².